The van der Waals surface area contributed by atoms with E-state index in [2.05, 4.69) is 90.8 Å². The first-order chi connectivity index (χ1) is 11.0. The van der Waals surface area contributed by atoms with E-state index in [1.54, 1.807) is 0 Å². The number of ether oxygens (including phenoxy) is 1. The zero-order valence-corrected chi connectivity index (χ0v) is 18.6. The summed E-state index contributed by atoms with van der Waals surface area (Å²) in [6, 6.07) is 1.30. The van der Waals surface area contributed by atoms with Crippen LogP contribution in [0.2, 0.25) is 0 Å². The third-order valence-electron chi connectivity index (χ3n) is 4.80. The summed E-state index contributed by atoms with van der Waals surface area (Å²) in [5.74, 6) is 1.37. The molecule has 0 radical (unpaired) electrons. The lowest BCUT2D eigenvalue weighted by atomic mass is 10.1. The van der Waals surface area contributed by atoms with Crippen molar-refractivity contribution in [1.82, 2.24) is 9.80 Å². The molecule has 2 rings (SSSR count). The molecule has 144 valence electrons. The summed E-state index contributed by atoms with van der Waals surface area (Å²) in [5.41, 5.74) is 0. The molecule has 3 nitrogen and oxygen atoms in total. The summed E-state index contributed by atoms with van der Waals surface area (Å²) in [4.78, 5) is 5.06. The van der Waals surface area contributed by atoms with Crippen molar-refractivity contribution < 1.29 is 4.74 Å². The topological polar surface area (TPSA) is 15.7 Å². The van der Waals surface area contributed by atoms with E-state index in [4.69, 9.17) is 4.74 Å². The van der Waals surface area contributed by atoms with Gasteiger partial charge >= 0.3 is 0 Å². The average Bonchev–Trinajstić information content (AvgIpc) is 3.03. The zero-order chi connectivity index (χ0) is 18.6. The molecular weight excluding hydrogens is 316 g/mol. The Morgan fingerprint density at radius 1 is 0.792 bits per heavy atom. The van der Waals surface area contributed by atoms with E-state index in [0.29, 0.717) is 30.3 Å². The molecule has 4 heteroatoms. The van der Waals surface area contributed by atoms with Gasteiger partial charge in [-0.2, -0.15) is 0 Å². The van der Waals surface area contributed by atoms with E-state index in [1.165, 1.54) is 6.54 Å². The molecule has 0 spiro atoms. The molecule has 0 N–H and O–H groups in total. The van der Waals surface area contributed by atoms with Crippen LogP contribution in [0, 0.1) is 11.8 Å². The molecule has 0 aromatic heterocycles. The summed E-state index contributed by atoms with van der Waals surface area (Å²) in [6.07, 6.45) is 0.736. The Bertz CT molecular complexity index is 294. The molecule has 2 heterocycles. The lowest BCUT2D eigenvalue weighted by Gasteiger charge is -2.29. The summed E-state index contributed by atoms with van der Waals surface area (Å²) >= 11 is 2.14. The van der Waals surface area contributed by atoms with Crippen molar-refractivity contribution in [1.29, 1.82) is 0 Å². The summed E-state index contributed by atoms with van der Waals surface area (Å²) in [7, 11) is 0. The molecule has 4 atom stereocenters. The predicted molar refractivity (Wildman–Crippen MR) is 109 cm³/mol. The third-order valence-corrected chi connectivity index (χ3v) is 6.51. The lowest BCUT2D eigenvalue weighted by Crippen LogP contribution is -2.39. The Hall–Kier alpha value is 0.230. The number of thioether (sulfide) groups is 1. The Morgan fingerprint density at radius 3 is 1.67 bits per heavy atom. The monoisotopic (exact) mass is 358 g/mol. The molecule has 0 aromatic rings. The molecule has 2 fully saturated rings. The van der Waals surface area contributed by atoms with E-state index in [-0.39, 0.29) is 0 Å². The second-order valence-electron chi connectivity index (χ2n) is 8.74. The summed E-state index contributed by atoms with van der Waals surface area (Å²) in [6.45, 7) is 25.0. The maximum absolute atomic E-state index is 5.82. The van der Waals surface area contributed by atoms with Gasteiger partial charge < -0.3 is 4.74 Å². The maximum atomic E-state index is 5.82. The van der Waals surface area contributed by atoms with Gasteiger partial charge in [-0.05, 0) is 46.5 Å². The van der Waals surface area contributed by atoms with Gasteiger partial charge in [-0.15, -0.1) is 11.8 Å². The van der Waals surface area contributed by atoms with Crippen LogP contribution >= 0.6 is 11.8 Å². The van der Waals surface area contributed by atoms with Gasteiger partial charge in [0, 0.05) is 30.4 Å². The molecule has 2 aliphatic rings. The van der Waals surface area contributed by atoms with Crippen LogP contribution in [0.1, 0.15) is 69.2 Å². The molecule has 2 unspecified atom stereocenters. The zero-order valence-electron chi connectivity index (χ0n) is 17.7. The molecule has 24 heavy (non-hydrogen) atoms. The van der Waals surface area contributed by atoms with Crippen molar-refractivity contribution >= 4 is 11.8 Å². The first kappa shape index (κ1) is 22.3. The average molecular weight is 359 g/mol. The first-order valence-electron chi connectivity index (χ1n) is 9.86. The van der Waals surface area contributed by atoms with E-state index in [9.17, 15) is 0 Å². The number of hydrogen-bond acceptors (Lipinski definition) is 4. The van der Waals surface area contributed by atoms with Crippen LogP contribution in [0.15, 0.2) is 0 Å². The summed E-state index contributed by atoms with van der Waals surface area (Å²) < 4.78 is 5.82. The van der Waals surface area contributed by atoms with Crippen LogP contribution in [0.3, 0.4) is 0 Å². The van der Waals surface area contributed by atoms with E-state index >= 15 is 0 Å². The lowest BCUT2D eigenvalue weighted by molar-refractivity contribution is -0.0347. The first-order valence-corrected chi connectivity index (χ1v) is 10.8. The Labute approximate surface area is 155 Å². The molecule has 0 aromatic carbocycles. The largest absolute Gasteiger partial charge is 0.359 e. The highest BCUT2D eigenvalue weighted by atomic mass is 32.2. The molecule has 0 bridgehead atoms. The van der Waals surface area contributed by atoms with Crippen LogP contribution in [0.5, 0.6) is 0 Å². The maximum Gasteiger partial charge on any atom is 0.113 e. The highest BCUT2D eigenvalue weighted by Crippen LogP contribution is 2.35. The highest BCUT2D eigenvalue weighted by Gasteiger charge is 2.34. The Morgan fingerprint density at radius 2 is 1.33 bits per heavy atom. The van der Waals surface area contributed by atoms with Gasteiger partial charge in [-0.25, -0.2) is 0 Å². The normalized spacial score (nSPS) is 32.2. The van der Waals surface area contributed by atoms with Crippen LogP contribution in [0.25, 0.3) is 0 Å². The van der Waals surface area contributed by atoms with Gasteiger partial charge in [0.25, 0.3) is 0 Å². The molecular formula is C20H42N2OS. The van der Waals surface area contributed by atoms with Crippen LogP contribution in [0.4, 0.5) is 0 Å². The van der Waals surface area contributed by atoms with Crippen LogP contribution in [-0.2, 0) is 4.74 Å². The van der Waals surface area contributed by atoms with Gasteiger partial charge in [-0.3, -0.25) is 9.80 Å². The molecule has 0 amide bonds. The SMILES string of the molecule is CC1CN(C(C)C)[C@H](C(C)C)O1.CC1CN(C(C)C)[C@H](C(C)C)S1. The molecule has 0 aliphatic carbocycles. The fraction of sp³-hybridized carbons (Fsp3) is 1.00. The summed E-state index contributed by atoms with van der Waals surface area (Å²) in [5, 5.41) is 1.57. The fourth-order valence-corrected chi connectivity index (χ4v) is 5.14. The quantitative estimate of drug-likeness (QED) is 0.709. The third kappa shape index (κ3) is 6.19. The number of hydrogen-bond donors (Lipinski definition) is 0. The van der Waals surface area contributed by atoms with E-state index in [0.717, 1.165) is 23.1 Å². The van der Waals surface area contributed by atoms with Crippen molar-refractivity contribution in [2.24, 2.45) is 11.8 Å². The minimum Gasteiger partial charge on any atom is -0.359 e. The molecule has 2 aliphatic heterocycles. The van der Waals surface area contributed by atoms with Gasteiger partial charge in [0.05, 0.1) is 11.5 Å². The van der Waals surface area contributed by atoms with Crippen molar-refractivity contribution in [2.45, 2.75) is 104 Å². The van der Waals surface area contributed by atoms with Crippen LogP contribution < -0.4 is 0 Å². The van der Waals surface area contributed by atoms with Gasteiger partial charge in [-0.1, -0.05) is 34.6 Å². The van der Waals surface area contributed by atoms with Gasteiger partial charge in [0.1, 0.15) is 6.23 Å². The van der Waals surface area contributed by atoms with Gasteiger partial charge in [0.15, 0.2) is 0 Å². The predicted octanol–water partition coefficient (Wildman–Crippen LogP) is 4.91. The van der Waals surface area contributed by atoms with Crippen molar-refractivity contribution in [3.8, 4) is 0 Å². The minimum atomic E-state index is 0.333. The Kier molecular flexibility index (Phi) is 9.09. The second kappa shape index (κ2) is 9.80. The van der Waals surface area contributed by atoms with Crippen molar-refractivity contribution in [3.05, 3.63) is 0 Å². The Balaban J connectivity index is 0.000000240. The van der Waals surface area contributed by atoms with Crippen LogP contribution in [-0.4, -0.2) is 57.9 Å². The van der Waals surface area contributed by atoms with Crippen molar-refractivity contribution in [2.75, 3.05) is 13.1 Å². The second-order valence-corrected chi connectivity index (χ2v) is 10.3. The standard InChI is InChI=1S/C10H21NO.C10H21NS/c2*1-7(2)10-11(8(3)4)6-9(5)12-10/h2*7-10H,6H2,1-5H3/t2*9?,10-/m00/s1. The number of rotatable bonds is 4. The molecule has 2 saturated heterocycles. The smallest absolute Gasteiger partial charge is 0.113 e. The van der Waals surface area contributed by atoms with E-state index < -0.39 is 0 Å². The highest BCUT2D eigenvalue weighted by molar-refractivity contribution is 8.00. The fourth-order valence-electron chi connectivity index (χ4n) is 3.61. The van der Waals surface area contributed by atoms with E-state index in [1.807, 2.05) is 0 Å². The minimum absolute atomic E-state index is 0.333. The molecule has 0 saturated carbocycles. The number of nitrogens with zero attached hydrogens (tertiary/aromatic N) is 2. The van der Waals surface area contributed by atoms with Gasteiger partial charge in [0.2, 0.25) is 0 Å². The van der Waals surface area contributed by atoms with Crippen molar-refractivity contribution in [3.63, 3.8) is 0 Å².